The number of allylic oxidation sites excluding steroid dienone is 1. The van der Waals surface area contributed by atoms with Crippen LogP contribution >= 0.6 is 27.3 Å². The van der Waals surface area contributed by atoms with Crippen molar-refractivity contribution < 1.29 is 28.7 Å². The lowest BCUT2D eigenvalue weighted by Gasteiger charge is -2.26. The molecule has 1 aromatic heterocycles. The summed E-state index contributed by atoms with van der Waals surface area (Å²) < 4.78 is 25.3. The van der Waals surface area contributed by atoms with Crippen LogP contribution < -0.4 is 29.1 Å². The summed E-state index contributed by atoms with van der Waals surface area (Å²) >= 11 is 4.83. The first-order chi connectivity index (χ1) is 22.2. The highest BCUT2D eigenvalue weighted by Crippen LogP contribution is 2.41. The van der Waals surface area contributed by atoms with E-state index in [0.717, 1.165) is 5.56 Å². The molecule has 2 heterocycles. The van der Waals surface area contributed by atoms with Crippen molar-refractivity contribution in [2.45, 2.75) is 33.4 Å². The number of esters is 1. The van der Waals surface area contributed by atoms with Crippen LogP contribution in [0.4, 0.5) is 5.69 Å². The summed E-state index contributed by atoms with van der Waals surface area (Å²) in [5.41, 5.74) is 2.30. The molecule has 5 rings (SSSR count). The van der Waals surface area contributed by atoms with Crippen LogP contribution in [-0.2, 0) is 16.1 Å². The summed E-state index contributed by atoms with van der Waals surface area (Å²) in [6, 6.07) is 16.0. The van der Waals surface area contributed by atoms with Gasteiger partial charge < -0.3 is 18.9 Å². The number of benzene rings is 3. The first-order valence-electron chi connectivity index (χ1n) is 14.3. The highest BCUT2D eigenvalue weighted by Gasteiger charge is 2.35. The largest absolute Gasteiger partial charge is 0.493 e. The third-order valence-electron chi connectivity index (χ3n) is 7.14. The lowest BCUT2D eigenvalue weighted by molar-refractivity contribution is -0.384. The number of hydrogen-bond acceptors (Lipinski definition) is 10. The Morgan fingerprint density at radius 3 is 2.48 bits per heavy atom. The molecule has 11 nitrogen and oxygen atoms in total. The van der Waals surface area contributed by atoms with Crippen molar-refractivity contribution >= 4 is 45.0 Å². The zero-order valence-corrected chi connectivity index (χ0v) is 27.8. The number of hydrogen-bond donors (Lipinski definition) is 0. The Morgan fingerprint density at radius 2 is 1.80 bits per heavy atom. The maximum atomic E-state index is 14.2. The van der Waals surface area contributed by atoms with Crippen LogP contribution in [0.15, 0.2) is 86.2 Å². The molecular formula is C33H30BrN3O8S. The second kappa shape index (κ2) is 14.1. The van der Waals surface area contributed by atoms with E-state index in [4.69, 9.17) is 18.9 Å². The Labute approximate surface area is 276 Å². The molecule has 0 saturated heterocycles. The highest BCUT2D eigenvalue weighted by molar-refractivity contribution is 9.10. The predicted octanol–water partition coefficient (Wildman–Crippen LogP) is 5.46. The zero-order chi connectivity index (χ0) is 33.0. The van der Waals surface area contributed by atoms with E-state index < -0.39 is 16.9 Å². The molecule has 238 valence electrons. The van der Waals surface area contributed by atoms with Gasteiger partial charge >= 0.3 is 5.97 Å². The van der Waals surface area contributed by atoms with E-state index in [1.165, 1.54) is 35.1 Å². The van der Waals surface area contributed by atoms with Crippen molar-refractivity contribution in [1.29, 1.82) is 0 Å². The number of non-ortho nitro benzene ring substituents is 1. The number of nitro benzene ring substituents is 1. The molecule has 3 aromatic carbocycles. The minimum atomic E-state index is -0.870. The molecular weight excluding hydrogens is 678 g/mol. The Kier molecular flexibility index (Phi) is 10.0. The van der Waals surface area contributed by atoms with Crippen molar-refractivity contribution in [3.05, 3.63) is 123 Å². The molecule has 0 N–H and O–H groups in total. The number of fused-ring (bicyclic) bond motifs is 1. The van der Waals surface area contributed by atoms with Crippen LogP contribution in [0.1, 0.15) is 43.5 Å². The van der Waals surface area contributed by atoms with Gasteiger partial charge in [-0.25, -0.2) is 9.79 Å². The van der Waals surface area contributed by atoms with Gasteiger partial charge in [0, 0.05) is 22.2 Å². The van der Waals surface area contributed by atoms with Crippen LogP contribution in [0.3, 0.4) is 0 Å². The fraction of sp³-hybridized carbons (Fsp3) is 0.242. The lowest BCUT2D eigenvalue weighted by Crippen LogP contribution is -2.40. The van der Waals surface area contributed by atoms with Crippen LogP contribution in [0.5, 0.6) is 17.2 Å². The number of rotatable bonds is 11. The van der Waals surface area contributed by atoms with Crippen LogP contribution in [0.2, 0.25) is 0 Å². The SMILES string of the molecule is CCOC(=O)C1=C(C)N=c2s/c(=C/c3ccccc3OCc3ccc([N+](=O)[O-])cc3)c(=O)n2[C@@H]1c1cc(OC)c(OCC)cc1Br. The van der Waals surface area contributed by atoms with Gasteiger partial charge in [0.05, 0.1) is 47.1 Å². The molecule has 13 heteroatoms. The number of methoxy groups -OCH3 is 1. The van der Waals surface area contributed by atoms with Crippen LogP contribution in [0, 0.1) is 10.1 Å². The van der Waals surface area contributed by atoms with E-state index in [2.05, 4.69) is 20.9 Å². The van der Waals surface area contributed by atoms with Gasteiger partial charge in [0.2, 0.25) is 0 Å². The Bertz CT molecular complexity index is 2020. The molecule has 1 aliphatic rings. The van der Waals surface area contributed by atoms with Crippen molar-refractivity contribution in [3.63, 3.8) is 0 Å². The van der Waals surface area contributed by atoms with E-state index in [1.807, 2.05) is 25.1 Å². The van der Waals surface area contributed by atoms with Crippen LogP contribution in [0.25, 0.3) is 6.08 Å². The topological polar surface area (TPSA) is 131 Å². The van der Waals surface area contributed by atoms with Gasteiger partial charge in [-0.1, -0.05) is 45.5 Å². The highest BCUT2D eigenvalue weighted by atomic mass is 79.9. The number of ether oxygens (including phenoxy) is 4. The second-order valence-electron chi connectivity index (χ2n) is 10.0. The summed E-state index contributed by atoms with van der Waals surface area (Å²) in [4.78, 5) is 43.1. The zero-order valence-electron chi connectivity index (χ0n) is 25.4. The molecule has 0 aliphatic carbocycles. The molecule has 46 heavy (non-hydrogen) atoms. The normalized spacial score (nSPS) is 14.4. The average Bonchev–Trinajstić information content (AvgIpc) is 3.34. The molecule has 4 aromatic rings. The second-order valence-corrected chi connectivity index (χ2v) is 11.9. The quantitative estimate of drug-likeness (QED) is 0.114. The van der Waals surface area contributed by atoms with E-state index in [-0.39, 0.29) is 30.0 Å². The van der Waals surface area contributed by atoms with Crippen molar-refractivity contribution in [2.75, 3.05) is 20.3 Å². The first-order valence-corrected chi connectivity index (χ1v) is 15.9. The summed E-state index contributed by atoms with van der Waals surface area (Å²) in [6.07, 6.45) is 1.73. The Morgan fingerprint density at radius 1 is 1.07 bits per heavy atom. The Balaban J connectivity index is 1.61. The predicted molar refractivity (Wildman–Crippen MR) is 176 cm³/mol. The van der Waals surface area contributed by atoms with Gasteiger partial charge in [-0.3, -0.25) is 19.5 Å². The van der Waals surface area contributed by atoms with Gasteiger partial charge in [0.1, 0.15) is 12.4 Å². The standard InChI is InChI=1S/C33H30BrN3O8S/c1-5-43-27-17-24(34)23(16-26(27)42-4)30-29(32(39)44-6-2)19(3)35-33-36(30)31(38)28(46-33)15-21-9-7-8-10-25(21)45-18-20-11-13-22(14-12-20)37(40)41/h7-17,30H,5-6,18H2,1-4H3/b28-15+/t30-/m1/s1. The molecule has 0 unspecified atom stereocenters. The number of thiazole rings is 1. The van der Waals surface area contributed by atoms with Gasteiger partial charge in [0.25, 0.3) is 11.2 Å². The summed E-state index contributed by atoms with van der Waals surface area (Å²) in [5, 5.41) is 11.0. The lowest BCUT2D eigenvalue weighted by atomic mass is 9.95. The Hall–Kier alpha value is -4.75. The van der Waals surface area contributed by atoms with E-state index in [1.54, 1.807) is 50.3 Å². The van der Waals surface area contributed by atoms with Crippen molar-refractivity contribution in [1.82, 2.24) is 4.57 Å². The number of nitro groups is 1. The molecule has 0 radical (unpaired) electrons. The van der Waals surface area contributed by atoms with Crippen molar-refractivity contribution in [2.24, 2.45) is 4.99 Å². The number of aromatic nitrogens is 1. The van der Waals surface area contributed by atoms with Crippen LogP contribution in [-0.4, -0.2) is 35.8 Å². The molecule has 0 fully saturated rings. The van der Waals surface area contributed by atoms with E-state index in [0.29, 0.717) is 54.5 Å². The number of nitrogens with zero attached hydrogens (tertiary/aromatic N) is 3. The van der Waals surface area contributed by atoms with Gasteiger partial charge in [-0.15, -0.1) is 0 Å². The molecule has 0 amide bonds. The smallest absolute Gasteiger partial charge is 0.338 e. The summed E-state index contributed by atoms with van der Waals surface area (Å²) in [5.74, 6) is 0.897. The molecule has 0 spiro atoms. The minimum absolute atomic E-state index is 0.00473. The van der Waals surface area contributed by atoms with Gasteiger partial charge in [-0.2, -0.15) is 0 Å². The minimum Gasteiger partial charge on any atom is -0.493 e. The fourth-order valence-corrected chi connectivity index (χ4v) is 6.60. The molecule has 1 aliphatic heterocycles. The average molecular weight is 709 g/mol. The summed E-state index contributed by atoms with van der Waals surface area (Å²) in [6.45, 7) is 6.04. The van der Waals surface area contributed by atoms with Crippen molar-refractivity contribution in [3.8, 4) is 17.2 Å². The summed E-state index contributed by atoms with van der Waals surface area (Å²) in [7, 11) is 1.52. The number of para-hydroxylation sites is 1. The van der Waals surface area contributed by atoms with Gasteiger partial charge in [-0.05, 0) is 68.3 Å². The molecule has 1 atom stereocenters. The molecule has 0 saturated carbocycles. The van der Waals surface area contributed by atoms with Gasteiger partial charge in [0.15, 0.2) is 16.3 Å². The fourth-order valence-electron chi connectivity index (χ4n) is 5.02. The molecule has 0 bridgehead atoms. The third-order valence-corrected chi connectivity index (χ3v) is 8.81. The monoisotopic (exact) mass is 707 g/mol. The number of carbonyl (C=O) groups is 1. The third kappa shape index (κ3) is 6.60. The first kappa shape index (κ1) is 32.6. The van der Waals surface area contributed by atoms with E-state index in [9.17, 15) is 19.7 Å². The van der Waals surface area contributed by atoms with E-state index >= 15 is 0 Å². The number of carbonyl (C=O) groups excluding carboxylic acids is 1. The maximum absolute atomic E-state index is 14.2. The maximum Gasteiger partial charge on any atom is 0.338 e. The number of halogens is 1.